The van der Waals surface area contributed by atoms with Crippen molar-refractivity contribution in [3.05, 3.63) is 53.1 Å². The number of halogens is 1. The van der Waals surface area contributed by atoms with E-state index in [2.05, 4.69) is 5.32 Å². The van der Waals surface area contributed by atoms with Gasteiger partial charge < -0.3 is 10.1 Å². The molecule has 0 aliphatic heterocycles. The first-order valence-electron chi connectivity index (χ1n) is 8.08. The normalized spacial score (nSPS) is 11.4. The van der Waals surface area contributed by atoms with Crippen molar-refractivity contribution in [2.24, 2.45) is 0 Å². The first-order valence-corrected chi connectivity index (χ1v) is 9.90. The molecule has 1 N–H and O–H groups in total. The van der Waals surface area contributed by atoms with Gasteiger partial charge in [0.25, 0.3) is 5.91 Å². The lowest BCUT2D eigenvalue weighted by Crippen LogP contribution is -2.30. The molecule has 0 radical (unpaired) electrons. The maximum absolute atomic E-state index is 12.5. The number of carbonyl (C=O) groups is 1. The number of nitrogens with one attached hydrogen (secondary N) is 1. The standard InChI is InChI=1S/C18H21ClN2O4S/c1-4-21(5-2)26(23,24)15-9-6-13(7-10-15)18(22)20-14-8-11-17(25-3)16(19)12-14/h6-12H,4-5H2,1-3H3,(H,20,22). The third kappa shape index (κ3) is 4.35. The van der Waals surface area contributed by atoms with Gasteiger partial charge in [-0.1, -0.05) is 25.4 Å². The molecule has 0 fully saturated rings. The molecular formula is C18H21ClN2O4S. The summed E-state index contributed by atoms with van der Waals surface area (Å²) in [6.07, 6.45) is 0. The molecule has 2 rings (SSSR count). The van der Waals surface area contributed by atoms with Gasteiger partial charge in [-0.2, -0.15) is 4.31 Å². The number of amides is 1. The number of sulfonamides is 1. The van der Waals surface area contributed by atoms with Crippen LogP contribution in [0.3, 0.4) is 0 Å². The van der Waals surface area contributed by atoms with Crippen molar-refractivity contribution in [3.8, 4) is 5.75 Å². The van der Waals surface area contributed by atoms with E-state index in [-0.39, 0.29) is 10.8 Å². The minimum absolute atomic E-state index is 0.158. The van der Waals surface area contributed by atoms with Crippen molar-refractivity contribution in [1.82, 2.24) is 4.31 Å². The third-order valence-electron chi connectivity index (χ3n) is 3.87. The van der Waals surface area contributed by atoms with Crippen LogP contribution in [0.2, 0.25) is 5.02 Å². The minimum atomic E-state index is -3.55. The number of benzene rings is 2. The highest BCUT2D eigenvalue weighted by Gasteiger charge is 2.21. The molecule has 2 aromatic carbocycles. The van der Waals surface area contributed by atoms with Gasteiger partial charge in [-0.15, -0.1) is 0 Å². The summed E-state index contributed by atoms with van der Waals surface area (Å²) in [5.41, 5.74) is 0.857. The lowest BCUT2D eigenvalue weighted by atomic mass is 10.2. The topological polar surface area (TPSA) is 75.7 Å². The maximum atomic E-state index is 12.5. The number of carbonyl (C=O) groups excluding carboxylic acids is 1. The minimum Gasteiger partial charge on any atom is -0.495 e. The first kappa shape index (κ1) is 20.2. The highest BCUT2D eigenvalue weighted by molar-refractivity contribution is 7.89. The van der Waals surface area contributed by atoms with Gasteiger partial charge in [0.1, 0.15) is 5.75 Å². The second-order valence-electron chi connectivity index (χ2n) is 5.42. The van der Waals surface area contributed by atoms with E-state index in [0.717, 1.165) is 0 Å². The van der Waals surface area contributed by atoms with Gasteiger partial charge in [-0.3, -0.25) is 4.79 Å². The smallest absolute Gasteiger partial charge is 0.255 e. The Labute approximate surface area is 158 Å². The van der Waals surface area contributed by atoms with Gasteiger partial charge in [0.15, 0.2) is 0 Å². The Morgan fingerprint density at radius 2 is 1.73 bits per heavy atom. The zero-order valence-corrected chi connectivity index (χ0v) is 16.4. The molecule has 8 heteroatoms. The van der Waals surface area contributed by atoms with Crippen LogP contribution in [0, 0.1) is 0 Å². The average Bonchev–Trinajstić information content (AvgIpc) is 2.62. The number of anilines is 1. The summed E-state index contributed by atoms with van der Waals surface area (Å²) >= 11 is 6.04. The van der Waals surface area contributed by atoms with E-state index in [1.807, 2.05) is 0 Å². The van der Waals surface area contributed by atoms with Crippen molar-refractivity contribution in [2.45, 2.75) is 18.7 Å². The molecule has 0 bridgehead atoms. The average molecular weight is 397 g/mol. The number of ether oxygens (including phenoxy) is 1. The Kier molecular flexibility index (Phi) is 6.63. The van der Waals surface area contributed by atoms with E-state index < -0.39 is 10.0 Å². The van der Waals surface area contributed by atoms with Crippen LogP contribution in [-0.2, 0) is 10.0 Å². The molecule has 0 heterocycles. The summed E-state index contributed by atoms with van der Waals surface area (Å²) in [5.74, 6) is 0.147. The van der Waals surface area contributed by atoms with E-state index in [4.69, 9.17) is 16.3 Å². The molecule has 140 valence electrons. The maximum Gasteiger partial charge on any atom is 0.255 e. The molecule has 26 heavy (non-hydrogen) atoms. The number of nitrogens with zero attached hydrogens (tertiary/aromatic N) is 1. The summed E-state index contributed by atoms with van der Waals surface area (Å²) in [7, 11) is -2.04. The van der Waals surface area contributed by atoms with Crippen molar-refractivity contribution < 1.29 is 17.9 Å². The Bertz CT molecular complexity index is 879. The van der Waals surface area contributed by atoms with Crippen LogP contribution in [0.25, 0.3) is 0 Å². The molecule has 2 aromatic rings. The largest absolute Gasteiger partial charge is 0.495 e. The summed E-state index contributed by atoms with van der Waals surface area (Å²) in [5, 5.41) is 3.10. The lowest BCUT2D eigenvalue weighted by Gasteiger charge is -2.18. The zero-order valence-electron chi connectivity index (χ0n) is 14.8. The monoisotopic (exact) mass is 396 g/mol. The quantitative estimate of drug-likeness (QED) is 0.775. The molecular weight excluding hydrogens is 376 g/mol. The van der Waals surface area contributed by atoms with Crippen LogP contribution >= 0.6 is 11.6 Å². The summed E-state index contributed by atoms with van der Waals surface area (Å²) in [6, 6.07) is 10.7. The van der Waals surface area contributed by atoms with Crippen molar-refractivity contribution in [2.75, 3.05) is 25.5 Å². The van der Waals surface area contributed by atoms with Gasteiger partial charge in [-0.25, -0.2) is 8.42 Å². The molecule has 0 aromatic heterocycles. The van der Waals surface area contributed by atoms with Crippen LogP contribution in [-0.4, -0.2) is 38.8 Å². The molecule has 0 saturated carbocycles. The highest BCUT2D eigenvalue weighted by Crippen LogP contribution is 2.27. The molecule has 0 spiro atoms. The van der Waals surface area contributed by atoms with E-state index in [1.165, 1.54) is 35.7 Å². The predicted octanol–water partition coefficient (Wildman–Crippen LogP) is 3.63. The summed E-state index contributed by atoms with van der Waals surface area (Å²) < 4.78 is 31.4. The fourth-order valence-electron chi connectivity index (χ4n) is 2.44. The molecule has 0 aliphatic rings. The predicted molar refractivity (Wildman–Crippen MR) is 103 cm³/mol. The Morgan fingerprint density at radius 3 is 2.23 bits per heavy atom. The van der Waals surface area contributed by atoms with E-state index in [0.29, 0.717) is 35.1 Å². The van der Waals surface area contributed by atoms with Crippen LogP contribution in [0.15, 0.2) is 47.4 Å². The van der Waals surface area contributed by atoms with Crippen molar-refractivity contribution in [1.29, 1.82) is 0 Å². The van der Waals surface area contributed by atoms with E-state index in [1.54, 1.807) is 32.0 Å². The molecule has 0 atom stereocenters. The third-order valence-corrected chi connectivity index (χ3v) is 6.23. The Hall–Kier alpha value is -2.09. The van der Waals surface area contributed by atoms with Crippen molar-refractivity contribution >= 4 is 33.2 Å². The number of methoxy groups -OCH3 is 1. The Morgan fingerprint density at radius 1 is 1.12 bits per heavy atom. The number of rotatable bonds is 7. The van der Waals surface area contributed by atoms with Crippen molar-refractivity contribution in [3.63, 3.8) is 0 Å². The Balaban J connectivity index is 2.17. The van der Waals surface area contributed by atoms with Crippen LogP contribution in [0.5, 0.6) is 5.75 Å². The second kappa shape index (κ2) is 8.53. The molecule has 6 nitrogen and oxygen atoms in total. The number of hydrogen-bond acceptors (Lipinski definition) is 4. The van der Waals surface area contributed by atoms with Gasteiger partial charge in [-0.05, 0) is 42.5 Å². The first-order chi connectivity index (χ1) is 12.3. The van der Waals surface area contributed by atoms with Crippen LogP contribution in [0.1, 0.15) is 24.2 Å². The lowest BCUT2D eigenvalue weighted by molar-refractivity contribution is 0.102. The zero-order chi connectivity index (χ0) is 19.3. The molecule has 1 amide bonds. The number of hydrogen-bond donors (Lipinski definition) is 1. The highest BCUT2D eigenvalue weighted by atomic mass is 35.5. The van der Waals surface area contributed by atoms with E-state index in [9.17, 15) is 13.2 Å². The molecule has 0 saturated heterocycles. The van der Waals surface area contributed by atoms with Crippen LogP contribution in [0.4, 0.5) is 5.69 Å². The van der Waals surface area contributed by atoms with Gasteiger partial charge in [0.2, 0.25) is 10.0 Å². The SMILES string of the molecule is CCN(CC)S(=O)(=O)c1ccc(C(=O)Nc2ccc(OC)c(Cl)c2)cc1. The van der Waals surface area contributed by atoms with E-state index >= 15 is 0 Å². The summed E-state index contributed by atoms with van der Waals surface area (Å²) in [4.78, 5) is 12.5. The second-order valence-corrected chi connectivity index (χ2v) is 7.76. The summed E-state index contributed by atoms with van der Waals surface area (Å²) in [6.45, 7) is 4.34. The van der Waals surface area contributed by atoms with Gasteiger partial charge >= 0.3 is 0 Å². The fourth-order valence-corrected chi connectivity index (χ4v) is 4.15. The molecule has 0 unspecified atom stereocenters. The van der Waals surface area contributed by atoms with Crippen LogP contribution < -0.4 is 10.1 Å². The fraction of sp³-hybridized carbons (Fsp3) is 0.278. The van der Waals surface area contributed by atoms with Gasteiger partial charge in [0.05, 0.1) is 17.0 Å². The van der Waals surface area contributed by atoms with Gasteiger partial charge in [0, 0.05) is 24.3 Å². The molecule has 0 aliphatic carbocycles.